The molecule has 0 saturated heterocycles. The molecule has 4 nitrogen and oxygen atoms in total. The molecular formula is C13H8N2O2S. The van der Waals surface area contributed by atoms with Crippen LogP contribution in [0.25, 0.3) is 6.08 Å². The molecule has 5 heteroatoms. The number of esters is 1. The molecule has 88 valence electrons. The van der Waals surface area contributed by atoms with Crippen molar-refractivity contribution in [1.29, 1.82) is 0 Å². The topological polar surface area (TPSA) is 51.5 Å². The third-order valence-electron chi connectivity index (χ3n) is 2.34. The smallest absolute Gasteiger partial charge is 0.363 e. The molecule has 0 unspecified atom stereocenters. The fourth-order valence-electron chi connectivity index (χ4n) is 1.53. The fourth-order valence-corrected chi connectivity index (χ4v) is 2.18. The van der Waals surface area contributed by atoms with Gasteiger partial charge in [-0.2, -0.15) is 0 Å². The lowest BCUT2D eigenvalue weighted by Gasteiger charge is -1.93. The first-order valence-corrected chi connectivity index (χ1v) is 6.17. The van der Waals surface area contributed by atoms with Gasteiger partial charge in [-0.15, -0.1) is 11.3 Å². The maximum atomic E-state index is 11.7. The van der Waals surface area contributed by atoms with E-state index in [1.54, 1.807) is 24.5 Å². The maximum Gasteiger partial charge on any atom is 0.363 e. The van der Waals surface area contributed by atoms with Gasteiger partial charge in [0.05, 0.1) is 4.88 Å². The SMILES string of the molecule is O=C1OC(c2cccs2)=NC1=Cc1cccnc1. The van der Waals surface area contributed by atoms with E-state index in [9.17, 15) is 4.79 Å². The van der Waals surface area contributed by atoms with Crippen LogP contribution in [-0.4, -0.2) is 16.9 Å². The normalized spacial score (nSPS) is 16.8. The van der Waals surface area contributed by atoms with Crippen molar-refractivity contribution in [3.05, 3.63) is 58.2 Å². The third-order valence-corrected chi connectivity index (χ3v) is 3.20. The molecule has 0 N–H and O–H groups in total. The van der Waals surface area contributed by atoms with Crippen LogP contribution in [0.2, 0.25) is 0 Å². The summed E-state index contributed by atoms with van der Waals surface area (Å²) in [5.41, 5.74) is 1.12. The van der Waals surface area contributed by atoms with Gasteiger partial charge < -0.3 is 4.74 Å². The molecule has 3 rings (SSSR count). The van der Waals surface area contributed by atoms with E-state index < -0.39 is 5.97 Å². The zero-order valence-corrected chi connectivity index (χ0v) is 10.1. The second kappa shape index (κ2) is 4.54. The quantitative estimate of drug-likeness (QED) is 0.612. The van der Waals surface area contributed by atoms with Crippen molar-refractivity contribution < 1.29 is 9.53 Å². The monoisotopic (exact) mass is 256 g/mol. The molecule has 0 saturated carbocycles. The summed E-state index contributed by atoms with van der Waals surface area (Å²) in [6.07, 6.45) is 5.00. The number of carbonyl (C=O) groups is 1. The molecule has 0 fully saturated rings. The first kappa shape index (κ1) is 10.9. The van der Waals surface area contributed by atoms with Crippen LogP contribution in [0.5, 0.6) is 0 Å². The maximum absolute atomic E-state index is 11.7. The largest absolute Gasteiger partial charge is 0.401 e. The predicted octanol–water partition coefficient (Wildman–Crippen LogP) is 2.49. The van der Waals surface area contributed by atoms with E-state index >= 15 is 0 Å². The van der Waals surface area contributed by atoms with Crippen LogP contribution < -0.4 is 0 Å². The van der Waals surface area contributed by atoms with Crippen molar-refractivity contribution >= 4 is 29.3 Å². The highest BCUT2D eigenvalue weighted by Gasteiger charge is 2.24. The van der Waals surface area contributed by atoms with Gasteiger partial charge in [0.2, 0.25) is 5.90 Å². The minimum atomic E-state index is -0.428. The summed E-state index contributed by atoms with van der Waals surface area (Å²) in [7, 11) is 0. The van der Waals surface area contributed by atoms with E-state index in [4.69, 9.17) is 4.74 Å². The highest BCUT2D eigenvalue weighted by atomic mass is 32.1. The number of hydrogen-bond donors (Lipinski definition) is 0. The van der Waals surface area contributed by atoms with Crippen molar-refractivity contribution in [2.45, 2.75) is 0 Å². The lowest BCUT2D eigenvalue weighted by atomic mass is 10.2. The molecule has 18 heavy (non-hydrogen) atoms. The number of thiophene rings is 1. The summed E-state index contributed by atoms with van der Waals surface area (Å²) in [6, 6.07) is 7.41. The standard InChI is InChI=1S/C13H8N2O2S/c16-13-10(7-9-3-1-5-14-8-9)15-12(17-13)11-4-2-6-18-11/h1-8H. The molecule has 0 amide bonds. The van der Waals surface area contributed by atoms with Gasteiger partial charge in [0.25, 0.3) is 0 Å². The molecule has 0 aliphatic carbocycles. The van der Waals surface area contributed by atoms with E-state index in [-0.39, 0.29) is 0 Å². The molecule has 0 aromatic carbocycles. The number of nitrogens with zero attached hydrogens (tertiary/aromatic N) is 2. The number of carbonyl (C=O) groups excluding carboxylic acids is 1. The Morgan fingerprint density at radius 2 is 2.22 bits per heavy atom. The zero-order chi connectivity index (χ0) is 12.4. The number of cyclic esters (lactones) is 1. The van der Waals surface area contributed by atoms with E-state index in [0.29, 0.717) is 11.6 Å². The minimum absolute atomic E-state index is 0.298. The average Bonchev–Trinajstić information content (AvgIpc) is 3.01. The van der Waals surface area contributed by atoms with Gasteiger partial charge in [0, 0.05) is 12.4 Å². The first-order valence-electron chi connectivity index (χ1n) is 5.29. The highest BCUT2D eigenvalue weighted by molar-refractivity contribution is 7.12. The number of pyridine rings is 1. The molecule has 0 radical (unpaired) electrons. The fraction of sp³-hybridized carbons (Fsp3) is 0. The van der Waals surface area contributed by atoms with E-state index in [0.717, 1.165) is 10.4 Å². The van der Waals surface area contributed by atoms with Gasteiger partial charge in [-0.3, -0.25) is 4.98 Å². The lowest BCUT2D eigenvalue weighted by Crippen LogP contribution is -2.03. The predicted molar refractivity (Wildman–Crippen MR) is 69.2 cm³/mol. The number of ether oxygens (including phenoxy) is 1. The van der Waals surface area contributed by atoms with Gasteiger partial charge in [-0.25, -0.2) is 9.79 Å². The van der Waals surface area contributed by atoms with Gasteiger partial charge in [0.1, 0.15) is 0 Å². The number of rotatable bonds is 2. The van der Waals surface area contributed by atoms with Gasteiger partial charge in [-0.1, -0.05) is 12.1 Å². The van der Waals surface area contributed by atoms with E-state index in [2.05, 4.69) is 9.98 Å². The summed E-state index contributed by atoms with van der Waals surface area (Å²) in [6.45, 7) is 0. The summed E-state index contributed by atoms with van der Waals surface area (Å²) in [5.74, 6) is -0.0626. The Balaban J connectivity index is 1.94. The second-order valence-electron chi connectivity index (χ2n) is 3.60. The number of aliphatic imine (C=N–C) groups is 1. The van der Waals surface area contributed by atoms with Crippen LogP contribution in [-0.2, 0) is 9.53 Å². The van der Waals surface area contributed by atoms with E-state index in [1.807, 2.05) is 23.6 Å². The molecule has 0 atom stereocenters. The number of aromatic nitrogens is 1. The van der Waals surface area contributed by atoms with Crippen LogP contribution in [0.15, 0.2) is 52.7 Å². The summed E-state index contributed by atoms with van der Waals surface area (Å²) in [5, 5.41) is 1.91. The molecule has 0 spiro atoms. The summed E-state index contributed by atoms with van der Waals surface area (Å²) in [4.78, 5) is 20.7. The van der Waals surface area contributed by atoms with E-state index in [1.165, 1.54) is 11.3 Å². The van der Waals surface area contributed by atoms with Crippen molar-refractivity contribution in [2.24, 2.45) is 4.99 Å². The van der Waals surface area contributed by atoms with Crippen LogP contribution in [0.4, 0.5) is 0 Å². The number of hydrogen-bond acceptors (Lipinski definition) is 5. The van der Waals surface area contributed by atoms with Crippen molar-refractivity contribution in [1.82, 2.24) is 4.98 Å². The molecule has 0 bridgehead atoms. The molecular weight excluding hydrogens is 248 g/mol. The Morgan fingerprint density at radius 3 is 2.94 bits per heavy atom. The van der Waals surface area contributed by atoms with Crippen LogP contribution in [0.3, 0.4) is 0 Å². The Bertz CT molecular complexity index is 630. The van der Waals surface area contributed by atoms with Gasteiger partial charge >= 0.3 is 5.97 Å². The van der Waals surface area contributed by atoms with Crippen LogP contribution in [0, 0.1) is 0 Å². The molecule has 3 heterocycles. The van der Waals surface area contributed by atoms with Gasteiger partial charge in [-0.05, 0) is 29.2 Å². The zero-order valence-electron chi connectivity index (χ0n) is 9.24. The van der Waals surface area contributed by atoms with Crippen molar-refractivity contribution in [2.75, 3.05) is 0 Å². The van der Waals surface area contributed by atoms with Crippen LogP contribution >= 0.6 is 11.3 Å². The van der Waals surface area contributed by atoms with Crippen molar-refractivity contribution in [3.63, 3.8) is 0 Å². The highest BCUT2D eigenvalue weighted by Crippen LogP contribution is 2.21. The lowest BCUT2D eigenvalue weighted by molar-refractivity contribution is -0.129. The average molecular weight is 256 g/mol. The Labute approximate surface area is 107 Å². The molecule has 2 aromatic heterocycles. The molecule has 2 aromatic rings. The summed E-state index contributed by atoms with van der Waals surface area (Å²) >= 11 is 1.48. The Morgan fingerprint density at radius 1 is 1.28 bits per heavy atom. The third kappa shape index (κ3) is 2.08. The summed E-state index contributed by atoms with van der Waals surface area (Å²) < 4.78 is 5.12. The molecule has 1 aliphatic rings. The van der Waals surface area contributed by atoms with Crippen molar-refractivity contribution in [3.8, 4) is 0 Å². The van der Waals surface area contributed by atoms with Gasteiger partial charge in [0.15, 0.2) is 5.70 Å². The Kier molecular flexibility index (Phi) is 2.74. The first-order chi connectivity index (χ1) is 8.83. The second-order valence-corrected chi connectivity index (χ2v) is 4.55. The molecule has 1 aliphatic heterocycles. The van der Waals surface area contributed by atoms with Crippen LogP contribution in [0.1, 0.15) is 10.4 Å². The minimum Gasteiger partial charge on any atom is -0.401 e. The Hall–Kier alpha value is -2.27.